The highest BCUT2D eigenvalue weighted by Gasteiger charge is 2.08. The van der Waals surface area contributed by atoms with Gasteiger partial charge in [0.1, 0.15) is 0 Å². The van der Waals surface area contributed by atoms with Crippen molar-refractivity contribution in [2.24, 2.45) is 0 Å². The molecule has 0 fully saturated rings. The summed E-state index contributed by atoms with van der Waals surface area (Å²) in [5, 5.41) is 1.59. The van der Waals surface area contributed by atoms with E-state index in [1.807, 2.05) is 12.1 Å². The topological polar surface area (TPSA) is 3.24 Å². The van der Waals surface area contributed by atoms with Crippen molar-refractivity contribution in [3.8, 4) is 0 Å². The lowest BCUT2D eigenvalue weighted by atomic mass is 10.1. The average Bonchev–Trinajstić information content (AvgIpc) is 2.38. The second kappa shape index (κ2) is 6.44. The van der Waals surface area contributed by atoms with Gasteiger partial charge in [0.05, 0.1) is 0 Å². The van der Waals surface area contributed by atoms with Crippen LogP contribution in [0.1, 0.15) is 16.7 Å². The number of rotatable bonds is 4. The molecule has 100 valence electrons. The van der Waals surface area contributed by atoms with Crippen LogP contribution in [0.4, 0.5) is 5.69 Å². The summed E-state index contributed by atoms with van der Waals surface area (Å²) in [7, 11) is 2.11. The van der Waals surface area contributed by atoms with Gasteiger partial charge >= 0.3 is 0 Å². The molecule has 0 saturated heterocycles. The van der Waals surface area contributed by atoms with Crippen LogP contribution in [-0.4, -0.2) is 7.05 Å². The molecule has 2 rings (SSSR count). The molecule has 0 atom stereocenters. The molecule has 2 aromatic rings. The van der Waals surface area contributed by atoms with E-state index in [1.165, 1.54) is 22.4 Å². The van der Waals surface area contributed by atoms with Crippen LogP contribution in [-0.2, 0) is 11.9 Å². The van der Waals surface area contributed by atoms with Gasteiger partial charge in [-0.1, -0.05) is 57.4 Å². The van der Waals surface area contributed by atoms with Gasteiger partial charge in [-0.05, 0) is 36.2 Å². The van der Waals surface area contributed by atoms with Gasteiger partial charge in [-0.3, -0.25) is 0 Å². The molecule has 19 heavy (non-hydrogen) atoms. The first-order valence-corrected chi connectivity index (χ1v) is 7.71. The zero-order chi connectivity index (χ0) is 13.8. The Morgan fingerprint density at radius 2 is 1.95 bits per heavy atom. The number of aryl methyl sites for hydroxylation is 1. The van der Waals surface area contributed by atoms with Crippen molar-refractivity contribution in [3.63, 3.8) is 0 Å². The van der Waals surface area contributed by atoms with Gasteiger partial charge in [-0.25, -0.2) is 0 Å². The SMILES string of the molecule is Cc1cccc(CN(C)c2ccc(Cl)cc2CBr)c1. The average molecular weight is 339 g/mol. The molecule has 0 saturated carbocycles. The summed E-state index contributed by atoms with van der Waals surface area (Å²) in [5.74, 6) is 0. The van der Waals surface area contributed by atoms with E-state index in [2.05, 4.69) is 65.1 Å². The van der Waals surface area contributed by atoms with Gasteiger partial charge in [0, 0.05) is 29.6 Å². The Morgan fingerprint density at radius 3 is 2.63 bits per heavy atom. The lowest BCUT2D eigenvalue weighted by molar-refractivity contribution is 0.915. The molecular formula is C16H17BrClN. The summed E-state index contributed by atoms with van der Waals surface area (Å²) in [6.45, 7) is 3.01. The molecular weight excluding hydrogens is 322 g/mol. The Hall–Kier alpha value is -0.990. The Kier molecular flexibility index (Phi) is 4.89. The Labute approximate surface area is 128 Å². The zero-order valence-corrected chi connectivity index (χ0v) is 13.5. The lowest BCUT2D eigenvalue weighted by Crippen LogP contribution is -2.17. The van der Waals surface area contributed by atoms with Crippen molar-refractivity contribution in [2.75, 3.05) is 11.9 Å². The smallest absolute Gasteiger partial charge is 0.0426 e. The normalized spacial score (nSPS) is 10.5. The molecule has 0 unspecified atom stereocenters. The Balaban J connectivity index is 2.22. The van der Waals surface area contributed by atoms with E-state index in [-0.39, 0.29) is 0 Å². The molecule has 0 N–H and O–H groups in total. The summed E-state index contributed by atoms with van der Waals surface area (Å²) in [6, 6.07) is 14.6. The molecule has 1 nitrogen and oxygen atoms in total. The molecule has 0 aliphatic rings. The summed E-state index contributed by atoms with van der Waals surface area (Å²) < 4.78 is 0. The molecule has 2 aromatic carbocycles. The van der Waals surface area contributed by atoms with Crippen LogP contribution in [0.25, 0.3) is 0 Å². The molecule has 0 aliphatic heterocycles. The number of hydrogen-bond acceptors (Lipinski definition) is 1. The lowest BCUT2D eigenvalue weighted by Gasteiger charge is -2.22. The van der Waals surface area contributed by atoms with Gasteiger partial charge in [-0.2, -0.15) is 0 Å². The molecule has 0 bridgehead atoms. The first-order valence-electron chi connectivity index (χ1n) is 6.21. The van der Waals surface area contributed by atoms with E-state index in [9.17, 15) is 0 Å². The third-order valence-electron chi connectivity index (χ3n) is 3.10. The monoisotopic (exact) mass is 337 g/mol. The third kappa shape index (κ3) is 3.74. The minimum atomic E-state index is 0.780. The van der Waals surface area contributed by atoms with Crippen molar-refractivity contribution < 1.29 is 0 Å². The van der Waals surface area contributed by atoms with Crippen LogP contribution < -0.4 is 4.90 Å². The van der Waals surface area contributed by atoms with Crippen LogP contribution in [0, 0.1) is 6.92 Å². The van der Waals surface area contributed by atoms with E-state index in [0.717, 1.165) is 16.9 Å². The van der Waals surface area contributed by atoms with Gasteiger partial charge in [0.25, 0.3) is 0 Å². The molecule has 0 heterocycles. The predicted octanol–water partition coefficient (Wildman–Crippen LogP) is 5.18. The van der Waals surface area contributed by atoms with E-state index in [0.29, 0.717) is 0 Å². The maximum atomic E-state index is 6.04. The van der Waals surface area contributed by atoms with Gasteiger partial charge in [0.2, 0.25) is 0 Å². The van der Waals surface area contributed by atoms with Gasteiger partial charge in [-0.15, -0.1) is 0 Å². The first-order chi connectivity index (χ1) is 9.10. The molecule has 0 aliphatic carbocycles. The van der Waals surface area contributed by atoms with Crippen molar-refractivity contribution in [2.45, 2.75) is 18.8 Å². The van der Waals surface area contributed by atoms with E-state index < -0.39 is 0 Å². The summed E-state index contributed by atoms with van der Waals surface area (Å²) in [4.78, 5) is 2.25. The van der Waals surface area contributed by atoms with Crippen molar-refractivity contribution in [1.82, 2.24) is 0 Å². The van der Waals surface area contributed by atoms with Crippen LogP contribution >= 0.6 is 27.5 Å². The standard InChI is InChI=1S/C16H17BrClN/c1-12-4-3-5-13(8-12)11-19(2)16-7-6-15(18)9-14(16)10-17/h3-9H,10-11H2,1-2H3. The van der Waals surface area contributed by atoms with Crippen molar-refractivity contribution >= 4 is 33.2 Å². The highest BCUT2D eigenvalue weighted by molar-refractivity contribution is 9.08. The van der Waals surface area contributed by atoms with Gasteiger partial charge in [0.15, 0.2) is 0 Å². The van der Waals surface area contributed by atoms with Crippen LogP contribution in [0.3, 0.4) is 0 Å². The largest absolute Gasteiger partial charge is 0.370 e. The number of halogens is 2. The molecule has 0 spiro atoms. The number of benzene rings is 2. The minimum absolute atomic E-state index is 0.780. The highest BCUT2D eigenvalue weighted by Crippen LogP contribution is 2.26. The van der Waals surface area contributed by atoms with E-state index in [1.54, 1.807) is 0 Å². The number of anilines is 1. The summed E-state index contributed by atoms with van der Waals surface area (Å²) >= 11 is 9.56. The van der Waals surface area contributed by atoms with Crippen LogP contribution in [0.5, 0.6) is 0 Å². The molecule has 0 aromatic heterocycles. The summed E-state index contributed by atoms with van der Waals surface area (Å²) in [6.07, 6.45) is 0. The second-order valence-corrected chi connectivity index (χ2v) is 5.75. The number of hydrogen-bond donors (Lipinski definition) is 0. The first kappa shape index (κ1) is 14.4. The maximum absolute atomic E-state index is 6.04. The highest BCUT2D eigenvalue weighted by atomic mass is 79.9. The fourth-order valence-electron chi connectivity index (χ4n) is 2.20. The third-order valence-corrected chi connectivity index (χ3v) is 3.94. The van der Waals surface area contributed by atoms with Gasteiger partial charge < -0.3 is 4.90 Å². The van der Waals surface area contributed by atoms with E-state index in [4.69, 9.17) is 11.6 Å². The Morgan fingerprint density at radius 1 is 1.16 bits per heavy atom. The molecule has 3 heteroatoms. The number of alkyl halides is 1. The summed E-state index contributed by atoms with van der Waals surface area (Å²) in [5.41, 5.74) is 5.03. The van der Waals surface area contributed by atoms with E-state index >= 15 is 0 Å². The minimum Gasteiger partial charge on any atom is -0.370 e. The number of nitrogens with zero attached hydrogens (tertiary/aromatic N) is 1. The fraction of sp³-hybridized carbons (Fsp3) is 0.250. The van der Waals surface area contributed by atoms with Crippen LogP contribution in [0.2, 0.25) is 5.02 Å². The zero-order valence-electron chi connectivity index (χ0n) is 11.2. The molecule has 0 radical (unpaired) electrons. The fourth-order valence-corrected chi connectivity index (χ4v) is 2.85. The second-order valence-electron chi connectivity index (χ2n) is 4.75. The van der Waals surface area contributed by atoms with Crippen molar-refractivity contribution in [1.29, 1.82) is 0 Å². The molecule has 0 amide bonds. The predicted molar refractivity (Wildman–Crippen MR) is 87.4 cm³/mol. The van der Waals surface area contributed by atoms with Crippen LogP contribution in [0.15, 0.2) is 42.5 Å². The van der Waals surface area contributed by atoms with Crippen molar-refractivity contribution in [3.05, 3.63) is 64.2 Å². The Bertz CT molecular complexity index is 568. The maximum Gasteiger partial charge on any atom is 0.0426 e. The quantitative estimate of drug-likeness (QED) is 0.694.